The molecule has 3 rings (SSSR count). The predicted molar refractivity (Wildman–Crippen MR) is 77.2 cm³/mol. The molecule has 2 fully saturated rings. The van der Waals surface area contributed by atoms with E-state index in [1.54, 1.807) is 11.8 Å². The molecule has 0 bridgehead atoms. The van der Waals surface area contributed by atoms with Crippen LogP contribution in [0.25, 0.3) is 0 Å². The van der Waals surface area contributed by atoms with E-state index >= 15 is 0 Å². The molecule has 22 heavy (non-hydrogen) atoms. The van der Waals surface area contributed by atoms with Gasteiger partial charge < -0.3 is 9.80 Å². The number of rotatable bonds is 2. The lowest BCUT2D eigenvalue weighted by atomic mass is 9.84. The Morgan fingerprint density at radius 3 is 2.55 bits per heavy atom. The Morgan fingerprint density at radius 1 is 1.23 bits per heavy atom. The molecule has 1 saturated heterocycles. The third kappa shape index (κ3) is 2.46. The summed E-state index contributed by atoms with van der Waals surface area (Å²) in [6, 6.07) is 2.53. The Balaban J connectivity index is 1.78. The summed E-state index contributed by atoms with van der Waals surface area (Å²) in [5.41, 5.74) is 0.0639. The molecule has 1 aromatic rings. The Labute approximate surface area is 127 Å². The van der Waals surface area contributed by atoms with Crippen LogP contribution in [0, 0.1) is 17.6 Å². The van der Waals surface area contributed by atoms with E-state index in [4.69, 9.17) is 0 Å². The highest BCUT2D eigenvalue weighted by molar-refractivity contribution is 6.00. The first-order valence-corrected chi connectivity index (χ1v) is 7.56. The maximum absolute atomic E-state index is 13.9. The van der Waals surface area contributed by atoms with E-state index in [0.717, 1.165) is 31.4 Å². The maximum Gasteiger partial charge on any atom is 0.249 e. The zero-order chi connectivity index (χ0) is 15.9. The van der Waals surface area contributed by atoms with Crippen LogP contribution in [-0.4, -0.2) is 35.8 Å². The van der Waals surface area contributed by atoms with Crippen molar-refractivity contribution in [2.75, 3.05) is 18.0 Å². The molecule has 2 aliphatic rings. The molecular formula is C16H18F2N2O2. The third-order valence-corrected chi connectivity index (χ3v) is 4.59. The van der Waals surface area contributed by atoms with Crippen LogP contribution in [0.1, 0.15) is 26.2 Å². The van der Waals surface area contributed by atoms with E-state index in [0.29, 0.717) is 6.54 Å². The monoisotopic (exact) mass is 308 g/mol. The van der Waals surface area contributed by atoms with Crippen molar-refractivity contribution in [2.24, 2.45) is 5.92 Å². The van der Waals surface area contributed by atoms with Crippen molar-refractivity contribution in [3.8, 4) is 0 Å². The fourth-order valence-electron chi connectivity index (χ4n) is 3.00. The zero-order valence-electron chi connectivity index (χ0n) is 12.4. The average Bonchev–Trinajstić information content (AvgIpc) is 2.40. The SMILES string of the molecule is CC1C(=O)N(c2ccc(F)cc2F)CCN1C(=O)C1CCC1. The molecule has 6 heteroatoms. The third-order valence-electron chi connectivity index (χ3n) is 4.59. The Hall–Kier alpha value is -1.98. The van der Waals surface area contributed by atoms with Crippen LogP contribution in [-0.2, 0) is 9.59 Å². The number of piperazine rings is 1. The number of benzene rings is 1. The van der Waals surface area contributed by atoms with Gasteiger partial charge in [-0.15, -0.1) is 0 Å². The summed E-state index contributed by atoms with van der Waals surface area (Å²) in [6.07, 6.45) is 2.82. The van der Waals surface area contributed by atoms with Crippen molar-refractivity contribution in [3.63, 3.8) is 0 Å². The van der Waals surface area contributed by atoms with Gasteiger partial charge in [0.1, 0.15) is 17.7 Å². The average molecular weight is 308 g/mol. The molecule has 1 unspecified atom stereocenters. The lowest BCUT2D eigenvalue weighted by molar-refractivity contribution is -0.146. The first-order valence-electron chi connectivity index (χ1n) is 7.56. The summed E-state index contributed by atoms with van der Waals surface area (Å²) in [7, 11) is 0. The van der Waals surface area contributed by atoms with Gasteiger partial charge in [0.2, 0.25) is 11.8 Å². The zero-order valence-corrected chi connectivity index (χ0v) is 12.4. The highest BCUT2D eigenvalue weighted by Gasteiger charge is 2.39. The number of hydrogen-bond acceptors (Lipinski definition) is 2. The minimum absolute atomic E-state index is 0.0197. The van der Waals surface area contributed by atoms with Crippen LogP contribution in [0.5, 0.6) is 0 Å². The molecule has 1 heterocycles. The largest absolute Gasteiger partial charge is 0.329 e. The van der Waals surface area contributed by atoms with Crippen molar-refractivity contribution in [1.29, 1.82) is 0 Å². The lowest BCUT2D eigenvalue weighted by Crippen LogP contribution is -2.59. The molecule has 1 saturated carbocycles. The van der Waals surface area contributed by atoms with Crippen LogP contribution in [0.3, 0.4) is 0 Å². The molecule has 2 amide bonds. The molecule has 0 aromatic heterocycles. The molecule has 4 nitrogen and oxygen atoms in total. The molecular weight excluding hydrogens is 290 g/mol. The normalized spacial score (nSPS) is 22.7. The number of amides is 2. The van der Waals surface area contributed by atoms with Gasteiger partial charge in [-0.05, 0) is 31.9 Å². The van der Waals surface area contributed by atoms with Crippen molar-refractivity contribution < 1.29 is 18.4 Å². The summed E-state index contributed by atoms with van der Waals surface area (Å²) in [5.74, 6) is -1.72. The highest BCUT2D eigenvalue weighted by Crippen LogP contribution is 2.31. The van der Waals surface area contributed by atoms with Gasteiger partial charge in [-0.2, -0.15) is 0 Å². The second-order valence-electron chi connectivity index (χ2n) is 5.92. The molecule has 0 N–H and O–H groups in total. The predicted octanol–water partition coefficient (Wildman–Crippen LogP) is 2.33. The molecule has 1 aliphatic carbocycles. The van der Waals surface area contributed by atoms with Crippen LogP contribution in [0.2, 0.25) is 0 Å². The summed E-state index contributed by atoms with van der Waals surface area (Å²) in [4.78, 5) is 27.7. The van der Waals surface area contributed by atoms with Gasteiger partial charge in [-0.25, -0.2) is 8.78 Å². The Morgan fingerprint density at radius 2 is 1.95 bits per heavy atom. The molecule has 1 aromatic carbocycles. The summed E-state index contributed by atoms with van der Waals surface area (Å²) >= 11 is 0. The summed E-state index contributed by atoms with van der Waals surface area (Å²) < 4.78 is 26.9. The molecule has 0 spiro atoms. The number of carbonyl (C=O) groups excluding carboxylic acids is 2. The maximum atomic E-state index is 13.9. The van der Waals surface area contributed by atoms with Gasteiger partial charge in [-0.3, -0.25) is 9.59 Å². The molecule has 1 atom stereocenters. The smallest absolute Gasteiger partial charge is 0.249 e. The van der Waals surface area contributed by atoms with Gasteiger partial charge in [0.05, 0.1) is 5.69 Å². The van der Waals surface area contributed by atoms with Crippen molar-refractivity contribution >= 4 is 17.5 Å². The quantitative estimate of drug-likeness (QED) is 0.841. The minimum atomic E-state index is -0.765. The van der Waals surface area contributed by atoms with Crippen molar-refractivity contribution in [3.05, 3.63) is 29.8 Å². The number of carbonyl (C=O) groups is 2. The van der Waals surface area contributed by atoms with Gasteiger partial charge in [0.15, 0.2) is 0 Å². The molecule has 1 aliphatic heterocycles. The van der Waals surface area contributed by atoms with Gasteiger partial charge in [0.25, 0.3) is 0 Å². The van der Waals surface area contributed by atoms with E-state index in [1.165, 1.54) is 11.0 Å². The van der Waals surface area contributed by atoms with Crippen LogP contribution >= 0.6 is 0 Å². The van der Waals surface area contributed by atoms with E-state index in [9.17, 15) is 18.4 Å². The van der Waals surface area contributed by atoms with Crippen molar-refractivity contribution in [2.45, 2.75) is 32.2 Å². The fraction of sp³-hybridized carbons (Fsp3) is 0.500. The van der Waals surface area contributed by atoms with Crippen molar-refractivity contribution in [1.82, 2.24) is 4.90 Å². The molecule has 118 valence electrons. The minimum Gasteiger partial charge on any atom is -0.329 e. The van der Waals surface area contributed by atoms with Gasteiger partial charge in [0, 0.05) is 25.1 Å². The summed E-state index contributed by atoms with van der Waals surface area (Å²) in [5, 5.41) is 0. The first-order chi connectivity index (χ1) is 10.5. The second kappa shape index (κ2) is 5.66. The fourth-order valence-corrected chi connectivity index (χ4v) is 3.00. The number of halogens is 2. The van der Waals surface area contributed by atoms with Crippen LogP contribution in [0.4, 0.5) is 14.5 Å². The van der Waals surface area contributed by atoms with E-state index in [2.05, 4.69) is 0 Å². The topological polar surface area (TPSA) is 40.6 Å². The highest BCUT2D eigenvalue weighted by atomic mass is 19.1. The number of anilines is 1. The Kier molecular flexibility index (Phi) is 3.85. The standard InChI is InChI=1S/C16H18F2N2O2/c1-10-15(21)20(14-6-5-12(17)9-13(14)18)8-7-19(10)16(22)11-3-2-4-11/h5-6,9-11H,2-4,7-8H2,1H3. The second-order valence-corrected chi connectivity index (χ2v) is 5.92. The van der Waals surface area contributed by atoms with Crippen LogP contribution in [0.15, 0.2) is 18.2 Å². The Bertz CT molecular complexity index is 616. The van der Waals surface area contributed by atoms with Crippen LogP contribution < -0.4 is 4.90 Å². The first kappa shape index (κ1) is 14.9. The number of hydrogen-bond donors (Lipinski definition) is 0. The number of nitrogens with zero attached hydrogens (tertiary/aromatic N) is 2. The van der Waals surface area contributed by atoms with E-state index in [-0.39, 0.29) is 30.0 Å². The van der Waals surface area contributed by atoms with Gasteiger partial charge >= 0.3 is 0 Å². The molecule has 0 radical (unpaired) electrons. The van der Waals surface area contributed by atoms with Gasteiger partial charge in [-0.1, -0.05) is 6.42 Å². The van der Waals surface area contributed by atoms with E-state index < -0.39 is 17.7 Å². The lowest BCUT2D eigenvalue weighted by Gasteiger charge is -2.41. The summed E-state index contributed by atoms with van der Waals surface area (Å²) in [6.45, 7) is 2.26. The van der Waals surface area contributed by atoms with E-state index in [1.807, 2.05) is 0 Å².